The zero-order valence-corrected chi connectivity index (χ0v) is 17.1. The van der Waals surface area contributed by atoms with Gasteiger partial charge in [0.1, 0.15) is 12.4 Å². The number of fused-ring (bicyclic) bond motifs is 1. The molecule has 1 aromatic heterocycles. The van der Waals surface area contributed by atoms with Crippen LogP contribution in [-0.2, 0) is 16.1 Å². The molecule has 8 heteroatoms. The van der Waals surface area contributed by atoms with Crippen LogP contribution < -0.4 is 10.2 Å². The molecule has 1 aliphatic carbocycles. The summed E-state index contributed by atoms with van der Waals surface area (Å²) in [6, 6.07) is 17.6. The third kappa shape index (κ3) is 3.82. The van der Waals surface area contributed by atoms with Crippen LogP contribution in [0.2, 0.25) is 0 Å². The van der Waals surface area contributed by atoms with Gasteiger partial charge in [0.25, 0.3) is 0 Å². The maximum atomic E-state index is 13.0. The molecule has 2 amide bonds. The molecule has 0 atom stereocenters. The van der Waals surface area contributed by atoms with Gasteiger partial charge in [0, 0.05) is 5.92 Å². The number of para-hydroxylation sites is 2. The summed E-state index contributed by atoms with van der Waals surface area (Å²) < 4.78 is 2.13. The monoisotopic (exact) mass is 419 g/mol. The Morgan fingerprint density at radius 2 is 1.83 bits per heavy atom. The van der Waals surface area contributed by atoms with Crippen molar-refractivity contribution in [2.75, 3.05) is 22.5 Å². The number of anilines is 2. The van der Waals surface area contributed by atoms with Crippen LogP contribution in [-0.4, -0.2) is 38.9 Å². The number of nitrogens with zero attached hydrogens (tertiary/aromatic N) is 4. The van der Waals surface area contributed by atoms with Crippen LogP contribution in [0.15, 0.2) is 59.8 Å². The van der Waals surface area contributed by atoms with E-state index in [0.29, 0.717) is 18.2 Å². The van der Waals surface area contributed by atoms with Gasteiger partial charge >= 0.3 is 0 Å². The standard InChI is InChI=1S/C22H21N5O2S/c28-19-13-26(18-9-5-4-8-17(18)23-19)20(29)14-30-22-25-24-21(16-10-11-16)27(22)12-15-6-2-1-3-7-15/h1-9,16H,10-14H2,(H,23,28). The summed E-state index contributed by atoms with van der Waals surface area (Å²) in [6.45, 7) is 0.714. The lowest BCUT2D eigenvalue weighted by Gasteiger charge is -2.29. The highest BCUT2D eigenvalue weighted by atomic mass is 32.2. The van der Waals surface area contributed by atoms with Gasteiger partial charge < -0.3 is 14.8 Å². The van der Waals surface area contributed by atoms with Crippen molar-refractivity contribution in [2.45, 2.75) is 30.5 Å². The molecule has 2 heterocycles. The quantitative estimate of drug-likeness (QED) is 0.620. The van der Waals surface area contributed by atoms with E-state index in [0.717, 1.165) is 29.5 Å². The van der Waals surface area contributed by atoms with E-state index >= 15 is 0 Å². The van der Waals surface area contributed by atoms with Gasteiger partial charge in [-0.15, -0.1) is 10.2 Å². The molecule has 1 aliphatic heterocycles. The van der Waals surface area contributed by atoms with E-state index in [9.17, 15) is 9.59 Å². The van der Waals surface area contributed by atoms with Gasteiger partial charge in [-0.2, -0.15) is 0 Å². The summed E-state index contributed by atoms with van der Waals surface area (Å²) in [6.07, 6.45) is 2.27. The zero-order chi connectivity index (χ0) is 20.5. The third-order valence-corrected chi connectivity index (χ3v) is 6.22. The van der Waals surface area contributed by atoms with E-state index in [1.807, 2.05) is 36.4 Å². The minimum atomic E-state index is -0.185. The molecular weight excluding hydrogens is 398 g/mol. The van der Waals surface area contributed by atoms with Crippen LogP contribution in [0.25, 0.3) is 0 Å². The fourth-order valence-electron chi connectivity index (χ4n) is 3.62. The fourth-order valence-corrected chi connectivity index (χ4v) is 4.45. The number of nitrogens with one attached hydrogen (secondary N) is 1. The first-order valence-corrected chi connectivity index (χ1v) is 11.0. The maximum Gasteiger partial charge on any atom is 0.244 e. The number of rotatable bonds is 6. The molecular formula is C22H21N5O2S. The summed E-state index contributed by atoms with van der Waals surface area (Å²) in [5.74, 6) is 1.35. The average molecular weight is 420 g/mol. The number of benzene rings is 2. The SMILES string of the molecule is O=C1CN(C(=O)CSc2nnc(C3CC3)n2Cc2ccccc2)c2ccccc2N1. The van der Waals surface area contributed by atoms with Crippen molar-refractivity contribution in [3.63, 3.8) is 0 Å². The first-order valence-electron chi connectivity index (χ1n) is 9.98. The molecule has 152 valence electrons. The number of amides is 2. The highest BCUT2D eigenvalue weighted by Crippen LogP contribution is 2.40. The minimum absolute atomic E-state index is 0.0282. The summed E-state index contributed by atoms with van der Waals surface area (Å²) in [5, 5.41) is 12.3. The van der Waals surface area contributed by atoms with Crippen LogP contribution in [0.4, 0.5) is 11.4 Å². The number of aromatic nitrogens is 3. The molecule has 1 fully saturated rings. The van der Waals surface area contributed by atoms with E-state index in [2.05, 4.69) is 32.2 Å². The first-order chi connectivity index (χ1) is 14.7. The molecule has 0 bridgehead atoms. The van der Waals surface area contributed by atoms with Crippen molar-refractivity contribution >= 4 is 35.0 Å². The van der Waals surface area contributed by atoms with Crippen LogP contribution >= 0.6 is 11.8 Å². The Kier molecular flexibility index (Phi) is 5.00. The fraction of sp³-hybridized carbons (Fsp3) is 0.273. The predicted octanol–water partition coefficient (Wildman–Crippen LogP) is 3.28. The molecule has 2 aromatic carbocycles. The summed E-state index contributed by atoms with van der Waals surface area (Å²) in [4.78, 5) is 26.5. The van der Waals surface area contributed by atoms with Crippen molar-refractivity contribution in [1.82, 2.24) is 14.8 Å². The van der Waals surface area contributed by atoms with Gasteiger partial charge in [-0.1, -0.05) is 54.2 Å². The Hall–Kier alpha value is -3.13. The van der Waals surface area contributed by atoms with Crippen molar-refractivity contribution in [1.29, 1.82) is 0 Å². The van der Waals surface area contributed by atoms with Crippen molar-refractivity contribution in [2.24, 2.45) is 0 Å². The van der Waals surface area contributed by atoms with Crippen molar-refractivity contribution < 1.29 is 9.59 Å². The molecule has 3 aromatic rings. The van der Waals surface area contributed by atoms with Crippen molar-refractivity contribution in [3.8, 4) is 0 Å². The Morgan fingerprint density at radius 1 is 1.07 bits per heavy atom. The number of thioether (sulfide) groups is 1. The third-order valence-electron chi connectivity index (χ3n) is 5.27. The van der Waals surface area contributed by atoms with Crippen LogP contribution in [0, 0.1) is 0 Å². The average Bonchev–Trinajstić information content (AvgIpc) is 3.54. The molecule has 1 N–H and O–H groups in total. The molecule has 0 saturated heterocycles. The highest BCUT2D eigenvalue weighted by molar-refractivity contribution is 7.99. The molecule has 2 aliphatic rings. The zero-order valence-electron chi connectivity index (χ0n) is 16.3. The van der Waals surface area contributed by atoms with Crippen LogP contribution in [0.5, 0.6) is 0 Å². The molecule has 5 rings (SSSR count). The van der Waals surface area contributed by atoms with Crippen molar-refractivity contribution in [3.05, 3.63) is 66.0 Å². The van der Waals surface area contributed by atoms with Gasteiger partial charge in [0.05, 0.1) is 23.7 Å². The Labute approximate surface area is 178 Å². The molecule has 7 nitrogen and oxygen atoms in total. The molecule has 0 radical (unpaired) electrons. The number of hydrogen-bond acceptors (Lipinski definition) is 5. The largest absolute Gasteiger partial charge is 0.323 e. The first kappa shape index (κ1) is 18.9. The van der Waals surface area contributed by atoms with Gasteiger partial charge in [0.2, 0.25) is 11.8 Å². The van der Waals surface area contributed by atoms with Crippen LogP contribution in [0.3, 0.4) is 0 Å². The molecule has 30 heavy (non-hydrogen) atoms. The molecule has 0 unspecified atom stereocenters. The molecule has 1 saturated carbocycles. The van der Waals surface area contributed by atoms with E-state index in [4.69, 9.17) is 0 Å². The van der Waals surface area contributed by atoms with E-state index in [-0.39, 0.29) is 24.1 Å². The lowest BCUT2D eigenvalue weighted by Crippen LogP contribution is -2.43. The second-order valence-corrected chi connectivity index (χ2v) is 8.46. The van der Waals surface area contributed by atoms with Gasteiger partial charge in [0.15, 0.2) is 5.16 Å². The summed E-state index contributed by atoms with van der Waals surface area (Å²) in [5.41, 5.74) is 2.57. The minimum Gasteiger partial charge on any atom is -0.323 e. The lowest BCUT2D eigenvalue weighted by molar-refractivity contribution is -0.120. The Bertz CT molecular complexity index is 1090. The summed E-state index contributed by atoms with van der Waals surface area (Å²) in [7, 11) is 0. The Balaban J connectivity index is 1.34. The van der Waals surface area contributed by atoms with Gasteiger partial charge in [-0.25, -0.2) is 0 Å². The maximum absolute atomic E-state index is 13.0. The smallest absolute Gasteiger partial charge is 0.244 e. The number of carbonyl (C=O) groups is 2. The lowest BCUT2D eigenvalue weighted by atomic mass is 10.2. The number of carbonyl (C=O) groups excluding carboxylic acids is 2. The van der Waals surface area contributed by atoms with Crippen LogP contribution in [0.1, 0.15) is 30.1 Å². The van der Waals surface area contributed by atoms with Gasteiger partial charge in [-0.05, 0) is 30.5 Å². The van der Waals surface area contributed by atoms with E-state index in [1.54, 1.807) is 11.0 Å². The highest BCUT2D eigenvalue weighted by Gasteiger charge is 2.31. The second kappa shape index (κ2) is 7.95. The normalized spacial score (nSPS) is 15.6. The topological polar surface area (TPSA) is 80.1 Å². The summed E-state index contributed by atoms with van der Waals surface area (Å²) >= 11 is 1.38. The van der Waals surface area contributed by atoms with E-state index in [1.165, 1.54) is 17.3 Å². The Morgan fingerprint density at radius 3 is 2.63 bits per heavy atom. The predicted molar refractivity (Wildman–Crippen MR) is 116 cm³/mol. The molecule has 0 spiro atoms. The van der Waals surface area contributed by atoms with Gasteiger partial charge in [-0.3, -0.25) is 9.59 Å². The van der Waals surface area contributed by atoms with E-state index < -0.39 is 0 Å². The second-order valence-electron chi connectivity index (χ2n) is 7.52. The number of hydrogen-bond donors (Lipinski definition) is 1.